The van der Waals surface area contributed by atoms with Gasteiger partial charge in [0.25, 0.3) is 0 Å². The fraction of sp³-hybridized carbons (Fsp3) is 0.348. The van der Waals surface area contributed by atoms with Gasteiger partial charge in [0.1, 0.15) is 23.0 Å². The van der Waals surface area contributed by atoms with Gasteiger partial charge in [-0.05, 0) is 95.0 Å². The first kappa shape index (κ1) is 37.5. The lowest BCUT2D eigenvalue weighted by molar-refractivity contribution is 0.304. The highest BCUT2D eigenvalue weighted by atomic mass is 16.5. The van der Waals surface area contributed by atoms with Gasteiger partial charge >= 0.3 is 0 Å². The molecule has 6 rings (SSSR count). The van der Waals surface area contributed by atoms with Crippen molar-refractivity contribution in [3.63, 3.8) is 0 Å². The topological polar surface area (TPSA) is 87.7 Å². The van der Waals surface area contributed by atoms with Gasteiger partial charge in [-0.1, -0.05) is 88.4 Å². The molecule has 53 heavy (non-hydrogen) atoms. The molecule has 7 heteroatoms. The molecule has 0 radical (unpaired) electrons. The molecule has 0 amide bonds. The second kappa shape index (κ2) is 18.5. The van der Waals surface area contributed by atoms with Crippen molar-refractivity contribution in [1.29, 1.82) is 0 Å². The van der Waals surface area contributed by atoms with Gasteiger partial charge in [-0.2, -0.15) is 10.2 Å². The zero-order valence-corrected chi connectivity index (χ0v) is 31.8. The van der Waals surface area contributed by atoms with Crippen molar-refractivity contribution in [1.82, 2.24) is 0 Å². The van der Waals surface area contributed by atoms with Gasteiger partial charge in [0.15, 0.2) is 0 Å². The molecular weight excluding hydrogens is 659 g/mol. The van der Waals surface area contributed by atoms with Crippen molar-refractivity contribution in [3.05, 3.63) is 136 Å². The molecule has 0 unspecified atom stereocenters. The molecule has 276 valence electrons. The van der Waals surface area contributed by atoms with E-state index in [0.29, 0.717) is 57.8 Å². The smallest absolute Gasteiger partial charge is 0.128 e. The maximum atomic E-state index is 6.73. The molecule has 0 fully saturated rings. The fourth-order valence-electron chi connectivity index (χ4n) is 6.83. The minimum Gasteiger partial charge on any atom is -0.493 e. The highest BCUT2D eigenvalue weighted by Crippen LogP contribution is 2.42. The molecule has 0 saturated heterocycles. The summed E-state index contributed by atoms with van der Waals surface area (Å²) in [6, 6.07) is 31.2. The van der Waals surface area contributed by atoms with Gasteiger partial charge in [-0.15, -0.1) is 0 Å². The first-order chi connectivity index (χ1) is 26.0. The molecular formula is C46H53N3O4. The fourth-order valence-corrected chi connectivity index (χ4v) is 6.83. The Morgan fingerprint density at radius 1 is 0.434 bits per heavy atom. The van der Waals surface area contributed by atoms with Crippen LogP contribution in [-0.4, -0.2) is 26.4 Å². The van der Waals surface area contributed by atoms with Crippen molar-refractivity contribution < 1.29 is 18.9 Å². The van der Waals surface area contributed by atoms with Crippen molar-refractivity contribution in [2.45, 2.75) is 79.1 Å². The van der Waals surface area contributed by atoms with Crippen molar-refractivity contribution in [2.24, 2.45) is 10.2 Å². The van der Waals surface area contributed by atoms with Gasteiger partial charge in [0.05, 0.1) is 37.8 Å². The van der Waals surface area contributed by atoms with E-state index in [4.69, 9.17) is 29.8 Å². The van der Waals surface area contributed by atoms with E-state index in [-0.39, 0.29) is 0 Å². The van der Waals surface area contributed by atoms with Gasteiger partial charge in [0, 0.05) is 36.9 Å². The molecule has 0 aromatic heterocycles. The van der Waals surface area contributed by atoms with Crippen molar-refractivity contribution in [2.75, 3.05) is 32.2 Å². The molecule has 0 atom stereocenters. The lowest BCUT2D eigenvalue weighted by Gasteiger charge is -2.23. The van der Waals surface area contributed by atoms with Gasteiger partial charge in [0.2, 0.25) is 0 Å². The maximum Gasteiger partial charge on any atom is 0.128 e. The average Bonchev–Trinajstić information content (AvgIpc) is 3.17. The summed E-state index contributed by atoms with van der Waals surface area (Å²) in [5, 5.41) is 9.49. The zero-order chi connectivity index (χ0) is 37.0. The number of fused-ring (bicyclic) bond motifs is 8. The Labute approximate surface area is 315 Å². The predicted octanol–water partition coefficient (Wildman–Crippen LogP) is 11.5. The summed E-state index contributed by atoms with van der Waals surface area (Å²) >= 11 is 0. The summed E-state index contributed by atoms with van der Waals surface area (Å²) in [6.45, 7) is 11.0. The van der Waals surface area contributed by atoms with Crippen LogP contribution in [0.15, 0.2) is 101 Å². The number of para-hydroxylation sites is 3. The van der Waals surface area contributed by atoms with E-state index in [1.54, 1.807) is 0 Å². The largest absolute Gasteiger partial charge is 0.493 e. The van der Waals surface area contributed by atoms with Crippen LogP contribution in [0.2, 0.25) is 0 Å². The van der Waals surface area contributed by atoms with Gasteiger partial charge in [-0.25, -0.2) is 0 Å². The second-order valence-electron chi connectivity index (χ2n) is 13.7. The minimum absolute atomic E-state index is 0.550. The number of benzene rings is 5. The number of anilines is 1. The van der Waals surface area contributed by atoms with Crippen LogP contribution >= 0.6 is 0 Å². The minimum atomic E-state index is 0.550. The Kier molecular flexibility index (Phi) is 13.0. The number of ether oxygens (including phenoxy) is 4. The standard InChI is InChI=1S/C46H53N3O4/c1-5-24-50-43-32-12-9-13-34(43)29-35-16-11-17-37(45(35)52-26-7-3)31-41-42(49-48-40-21-19-39(47)20-22-40)23-18-38(46(41)53-27-8-4)30-36-15-10-14-33(28-32)44(36)51-25-6-2/h9-23H,5-8,24-31,47H2,1-4H3. The van der Waals surface area contributed by atoms with E-state index < -0.39 is 0 Å². The number of nitrogens with zero attached hydrogens (tertiary/aromatic N) is 2. The molecule has 8 bridgehead atoms. The molecule has 0 aliphatic heterocycles. The third-order valence-electron chi connectivity index (χ3n) is 9.33. The molecule has 0 spiro atoms. The van der Waals surface area contributed by atoms with E-state index in [9.17, 15) is 0 Å². The molecule has 5 aromatic rings. The van der Waals surface area contributed by atoms with E-state index in [2.05, 4.69) is 99.5 Å². The van der Waals surface area contributed by atoms with Crippen LogP contribution in [0.4, 0.5) is 17.1 Å². The maximum absolute atomic E-state index is 6.73. The normalized spacial score (nSPS) is 12.5. The SMILES string of the molecule is CCCOc1c2cccc1Cc1cccc(c1OCCC)Cc1c(N=Nc3ccc(N)cc3)ccc(c1OCCC)Cc1cccc(c1OCCC)C2. The summed E-state index contributed by atoms with van der Waals surface area (Å²) in [6.07, 6.45) is 6.15. The Bertz CT molecular complexity index is 2000. The molecule has 1 aliphatic rings. The lowest BCUT2D eigenvalue weighted by Crippen LogP contribution is -2.10. The Balaban J connectivity index is 1.60. The zero-order valence-electron chi connectivity index (χ0n) is 31.8. The number of hydrogen-bond acceptors (Lipinski definition) is 7. The summed E-state index contributed by atoms with van der Waals surface area (Å²) in [7, 11) is 0. The molecule has 7 nitrogen and oxygen atoms in total. The van der Waals surface area contributed by atoms with Crippen LogP contribution in [0.5, 0.6) is 23.0 Å². The average molecular weight is 712 g/mol. The third-order valence-corrected chi connectivity index (χ3v) is 9.33. The highest BCUT2D eigenvalue weighted by molar-refractivity contribution is 5.63. The van der Waals surface area contributed by atoms with E-state index in [0.717, 1.165) is 105 Å². The van der Waals surface area contributed by atoms with E-state index in [1.165, 1.54) is 0 Å². The molecule has 0 heterocycles. The summed E-state index contributed by atoms with van der Waals surface area (Å²) in [5.41, 5.74) is 16.9. The number of azo groups is 1. The lowest BCUT2D eigenvalue weighted by atomic mass is 9.91. The van der Waals surface area contributed by atoms with Crippen LogP contribution < -0.4 is 24.7 Å². The number of rotatable bonds is 14. The van der Waals surface area contributed by atoms with E-state index >= 15 is 0 Å². The predicted molar refractivity (Wildman–Crippen MR) is 215 cm³/mol. The first-order valence-corrected chi connectivity index (χ1v) is 19.3. The van der Waals surface area contributed by atoms with Gasteiger partial charge < -0.3 is 24.7 Å². The Morgan fingerprint density at radius 3 is 1.23 bits per heavy atom. The monoisotopic (exact) mass is 711 g/mol. The van der Waals surface area contributed by atoms with Gasteiger partial charge in [-0.3, -0.25) is 0 Å². The van der Waals surface area contributed by atoms with Crippen LogP contribution in [0, 0.1) is 0 Å². The summed E-state index contributed by atoms with van der Waals surface area (Å²) < 4.78 is 26.6. The molecule has 5 aromatic carbocycles. The van der Waals surface area contributed by atoms with Crippen LogP contribution in [-0.2, 0) is 25.7 Å². The summed E-state index contributed by atoms with van der Waals surface area (Å²) in [5.74, 6) is 3.63. The highest BCUT2D eigenvalue weighted by Gasteiger charge is 2.23. The summed E-state index contributed by atoms with van der Waals surface area (Å²) in [4.78, 5) is 0. The number of nitrogens with two attached hydrogens (primary N) is 1. The Hall–Kier alpha value is -5.30. The number of hydrogen-bond donors (Lipinski definition) is 1. The Morgan fingerprint density at radius 2 is 0.811 bits per heavy atom. The van der Waals surface area contributed by atoms with E-state index in [1.807, 2.05) is 24.3 Å². The molecule has 0 saturated carbocycles. The molecule has 1 aliphatic carbocycles. The van der Waals surface area contributed by atoms with Crippen LogP contribution in [0.3, 0.4) is 0 Å². The third kappa shape index (κ3) is 9.20. The quantitative estimate of drug-likeness (QED) is 0.0897. The number of nitrogen functional groups attached to an aromatic ring is 1. The van der Waals surface area contributed by atoms with Crippen molar-refractivity contribution in [3.8, 4) is 23.0 Å². The second-order valence-corrected chi connectivity index (χ2v) is 13.7. The van der Waals surface area contributed by atoms with Crippen LogP contribution in [0.25, 0.3) is 0 Å². The van der Waals surface area contributed by atoms with Crippen LogP contribution in [0.1, 0.15) is 97.9 Å². The first-order valence-electron chi connectivity index (χ1n) is 19.3. The van der Waals surface area contributed by atoms with Crippen molar-refractivity contribution >= 4 is 17.1 Å². The molecule has 2 N–H and O–H groups in total.